The Kier molecular flexibility index (Phi) is 7.02. The molecule has 0 spiro atoms. The second-order valence-corrected chi connectivity index (χ2v) is 5.80. The van der Waals surface area contributed by atoms with E-state index in [4.69, 9.17) is 0 Å². The van der Waals surface area contributed by atoms with Crippen LogP contribution in [0.4, 0.5) is 0 Å². The summed E-state index contributed by atoms with van der Waals surface area (Å²) in [6.45, 7) is 6.19. The molecule has 0 saturated carbocycles. The van der Waals surface area contributed by atoms with Crippen LogP contribution in [0.2, 0.25) is 0 Å². The standard InChI is InChI=1S/C20H25N3O/c1-3-4-5-6-7-17-8-10-18(11-9-17)16(2)22-23-20(24)19-12-14-21-15-13-19/h8-15,22H,2-7H2,1H3,(H,23,24). The summed E-state index contributed by atoms with van der Waals surface area (Å²) in [5.74, 6) is -0.217. The molecule has 0 atom stereocenters. The van der Waals surface area contributed by atoms with Crippen LogP contribution < -0.4 is 10.9 Å². The van der Waals surface area contributed by atoms with Crippen LogP contribution in [0.3, 0.4) is 0 Å². The Hall–Kier alpha value is -2.62. The van der Waals surface area contributed by atoms with Gasteiger partial charge in [-0.3, -0.25) is 20.6 Å². The highest BCUT2D eigenvalue weighted by molar-refractivity contribution is 5.94. The fraction of sp³-hybridized carbons (Fsp3) is 0.300. The maximum Gasteiger partial charge on any atom is 0.269 e. The molecule has 0 aliphatic rings. The van der Waals surface area contributed by atoms with Crippen molar-refractivity contribution in [2.24, 2.45) is 0 Å². The maximum atomic E-state index is 12.0. The van der Waals surface area contributed by atoms with Crippen molar-refractivity contribution in [1.82, 2.24) is 15.8 Å². The summed E-state index contributed by atoms with van der Waals surface area (Å²) in [5.41, 5.74) is 9.01. The molecule has 0 radical (unpaired) electrons. The van der Waals surface area contributed by atoms with Crippen LogP contribution in [0.5, 0.6) is 0 Å². The van der Waals surface area contributed by atoms with E-state index in [0.29, 0.717) is 11.3 Å². The lowest BCUT2D eigenvalue weighted by Crippen LogP contribution is -2.35. The minimum atomic E-state index is -0.217. The highest BCUT2D eigenvalue weighted by Gasteiger charge is 2.05. The normalized spacial score (nSPS) is 10.2. The molecule has 1 aromatic carbocycles. The number of rotatable bonds is 9. The largest absolute Gasteiger partial charge is 0.298 e. The first-order valence-electron chi connectivity index (χ1n) is 8.45. The lowest BCUT2D eigenvalue weighted by Gasteiger charge is -2.12. The van der Waals surface area contributed by atoms with Crippen molar-refractivity contribution in [3.05, 3.63) is 72.1 Å². The van der Waals surface area contributed by atoms with E-state index in [-0.39, 0.29) is 5.91 Å². The predicted molar refractivity (Wildman–Crippen MR) is 98.2 cm³/mol. The summed E-state index contributed by atoms with van der Waals surface area (Å²) in [6, 6.07) is 11.6. The van der Waals surface area contributed by atoms with E-state index in [9.17, 15) is 4.79 Å². The van der Waals surface area contributed by atoms with Crippen LogP contribution in [0.25, 0.3) is 5.70 Å². The smallest absolute Gasteiger partial charge is 0.269 e. The van der Waals surface area contributed by atoms with Crippen molar-refractivity contribution >= 4 is 11.6 Å². The van der Waals surface area contributed by atoms with Gasteiger partial charge in [-0.2, -0.15) is 0 Å². The summed E-state index contributed by atoms with van der Waals surface area (Å²) in [6.07, 6.45) is 9.36. The Morgan fingerprint density at radius 3 is 2.33 bits per heavy atom. The lowest BCUT2D eigenvalue weighted by atomic mass is 10.0. The molecule has 2 aromatic rings. The number of benzene rings is 1. The summed E-state index contributed by atoms with van der Waals surface area (Å²) in [5, 5.41) is 0. The number of amides is 1. The molecule has 0 aliphatic carbocycles. The first-order chi connectivity index (χ1) is 11.7. The molecular formula is C20H25N3O. The van der Waals surface area contributed by atoms with Gasteiger partial charge in [-0.05, 0) is 36.1 Å². The van der Waals surface area contributed by atoms with Crippen molar-refractivity contribution in [2.75, 3.05) is 0 Å². The Bertz CT molecular complexity index is 650. The number of carbonyl (C=O) groups excluding carboxylic acids is 1. The molecule has 2 rings (SSSR count). The van der Waals surface area contributed by atoms with Crippen molar-refractivity contribution in [3.8, 4) is 0 Å². The number of hydrazine groups is 1. The van der Waals surface area contributed by atoms with Gasteiger partial charge in [0.05, 0.1) is 5.70 Å². The molecule has 0 unspecified atom stereocenters. The fourth-order valence-corrected chi connectivity index (χ4v) is 2.41. The third-order valence-corrected chi connectivity index (χ3v) is 3.89. The van der Waals surface area contributed by atoms with Crippen molar-refractivity contribution in [1.29, 1.82) is 0 Å². The van der Waals surface area contributed by atoms with Gasteiger partial charge >= 0.3 is 0 Å². The lowest BCUT2D eigenvalue weighted by molar-refractivity contribution is 0.0942. The minimum absolute atomic E-state index is 0.217. The van der Waals surface area contributed by atoms with Gasteiger partial charge in [-0.25, -0.2) is 0 Å². The van der Waals surface area contributed by atoms with E-state index >= 15 is 0 Å². The Labute approximate surface area is 144 Å². The molecule has 0 aliphatic heterocycles. The number of hydrogen-bond donors (Lipinski definition) is 2. The maximum absolute atomic E-state index is 12.0. The molecule has 4 nitrogen and oxygen atoms in total. The molecule has 1 amide bonds. The summed E-state index contributed by atoms with van der Waals surface area (Å²) in [7, 11) is 0. The Balaban J connectivity index is 1.81. The molecular weight excluding hydrogens is 298 g/mol. The summed E-state index contributed by atoms with van der Waals surface area (Å²) < 4.78 is 0. The minimum Gasteiger partial charge on any atom is -0.298 e. The molecule has 0 fully saturated rings. The summed E-state index contributed by atoms with van der Waals surface area (Å²) in [4.78, 5) is 15.9. The first kappa shape index (κ1) is 17.7. The number of nitrogens with zero attached hydrogens (tertiary/aromatic N) is 1. The van der Waals surface area contributed by atoms with Crippen LogP contribution in [-0.2, 0) is 6.42 Å². The van der Waals surface area contributed by atoms with Gasteiger partial charge in [0, 0.05) is 18.0 Å². The summed E-state index contributed by atoms with van der Waals surface area (Å²) >= 11 is 0. The average molecular weight is 323 g/mol. The highest BCUT2D eigenvalue weighted by Crippen LogP contribution is 2.13. The van der Waals surface area contributed by atoms with E-state index in [1.54, 1.807) is 24.5 Å². The van der Waals surface area contributed by atoms with Crippen LogP contribution >= 0.6 is 0 Å². The molecule has 0 bridgehead atoms. The van der Waals surface area contributed by atoms with E-state index in [1.165, 1.54) is 31.2 Å². The van der Waals surface area contributed by atoms with Crippen LogP contribution in [0, 0.1) is 0 Å². The molecule has 0 saturated heterocycles. The Morgan fingerprint density at radius 2 is 1.67 bits per heavy atom. The number of aryl methyl sites for hydroxylation is 1. The fourth-order valence-electron chi connectivity index (χ4n) is 2.41. The van der Waals surface area contributed by atoms with Crippen molar-refractivity contribution in [3.63, 3.8) is 0 Å². The van der Waals surface area contributed by atoms with Crippen molar-refractivity contribution < 1.29 is 4.79 Å². The van der Waals surface area contributed by atoms with Gasteiger partial charge < -0.3 is 0 Å². The molecule has 1 aromatic heterocycles. The highest BCUT2D eigenvalue weighted by atomic mass is 16.2. The van der Waals surface area contributed by atoms with E-state index in [2.05, 4.69) is 41.5 Å². The van der Waals surface area contributed by atoms with Crippen LogP contribution in [0.15, 0.2) is 55.4 Å². The molecule has 2 N–H and O–H groups in total. The van der Waals surface area contributed by atoms with Gasteiger partial charge in [-0.15, -0.1) is 0 Å². The van der Waals surface area contributed by atoms with Crippen LogP contribution in [-0.4, -0.2) is 10.9 Å². The van der Waals surface area contributed by atoms with Crippen molar-refractivity contribution in [2.45, 2.75) is 39.0 Å². The number of carbonyl (C=O) groups is 1. The predicted octanol–water partition coefficient (Wildman–Crippen LogP) is 4.11. The third-order valence-electron chi connectivity index (χ3n) is 3.89. The van der Waals surface area contributed by atoms with E-state index < -0.39 is 0 Å². The Morgan fingerprint density at radius 1 is 0.958 bits per heavy atom. The third kappa shape index (κ3) is 5.54. The SMILES string of the molecule is C=C(NNC(=O)c1ccncc1)c1ccc(CCCCCC)cc1. The average Bonchev–Trinajstić information content (AvgIpc) is 2.64. The zero-order chi connectivity index (χ0) is 17.2. The quantitative estimate of drug-likeness (QED) is 0.539. The topological polar surface area (TPSA) is 54.0 Å². The number of hydrogen-bond acceptors (Lipinski definition) is 3. The second kappa shape index (κ2) is 9.50. The van der Waals surface area contributed by atoms with Gasteiger partial charge in [-0.1, -0.05) is 57.0 Å². The molecule has 4 heteroatoms. The molecule has 1 heterocycles. The van der Waals surface area contributed by atoms with Gasteiger partial charge in [0.1, 0.15) is 0 Å². The molecule has 24 heavy (non-hydrogen) atoms. The monoisotopic (exact) mass is 323 g/mol. The molecule has 126 valence electrons. The van der Waals surface area contributed by atoms with Crippen LogP contribution in [0.1, 0.15) is 54.1 Å². The van der Waals surface area contributed by atoms with Gasteiger partial charge in [0.25, 0.3) is 5.91 Å². The van der Waals surface area contributed by atoms with E-state index in [0.717, 1.165) is 12.0 Å². The first-order valence-corrected chi connectivity index (χ1v) is 8.45. The number of nitrogens with one attached hydrogen (secondary N) is 2. The number of pyridine rings is 1. The number of aromatic nitrogens is 1. The zero-order valence-electron chi connectivity index (χ0n) is 14.2. The zero-order valence-corrected chi connectivity index (χ0v) is 14.2. The van der Waals surface area contributed by atoms with E-state index in [1.807, 2.05) is 12.1 Å². The second-order valence-electron chi connectivity index (χ2n) is 5.80. The van der Waals surface area contributed by atoms with Gasteiger partial charge in [0.2, 0.25) is 0 Å². The van der Waals surface area contributed by atoms with Gasteiger partial charge in [0.15, 0.2) is 0 Å². The number of unbranched alkanes of at least 4 members (excludes halogenated alkanes) is 3.